The number of rotatable bonds is 5. The molecule has 5 heteroatoms. The Labute approximate surface area is 169 Å². The van der Waals surface area contributed by atoms with Crippen LogP contribution in [0.15, 0.2) is 66.0 Å². The average molecular weight is 390 g/mol. The molecule has 1 aromatic heterocycles. The number of carbonyl (C=O) groups excluding carboxylic acids is 1. The minimum atomic E-state index is -0.00386. The molecule has 1 fully saturated rings. The van der Waals surface area contributed by atoms with Gasteiger partial charge in [-0.25, -0.2) is 4.79 Å². The summed E-state index contributed by atoms with van der Waals surface area (Å²) in [4.78, 5) is 18.7. The summed E-state index contributed by atoms with van der Waals surface area (Å²) in [6, 6.07) is 21.1. The van der Waals surface area contributed by atoms with Gasteiger partial charge in [-0.1, -0.05) is 36.4 Å². The van der Waals surface area contributed by atoms with E-state index >= 15 is 0 Å². The molecule has 0 saturated heterocycles. The number of hydrogen-bond donors (Lipinski definition) is 1. The van der Waals surface area contributed by atoms with E-state index in [0.717, 1.165) is 37.2 Å². The van der Waals surface area contributed by atoms with Crippen molar-refractivity contribution in [1.29, 1.82) is 0 Å². The van der Waals surface area contributed by atoms with E-state index in [9.17, 15) is 4.79 Å². The fourth-order valence-electron chi connectivity index (χ4n) is 3.91. The number of fused-ring (bicyclic) bond motifs is 1. The van der Waals surface area contributed by atoms with Crippen molar-refractivity contribution in [3.8, 4) is 0 Å². The van der Waals surface area contributed by atoms with E-state index in [-0.39, 0.29) is 6.03 Å². The molecule has 1 aliphatic heterocycles. The summed E-state index contributed by atoms with van der Waals surface area (Å²) >= 11 is 1.71. The van der Waals surface area contributed by atoms with Crippen molar-refractivity contribution < 1.29 is 4.79 Å². The Morgan fingerprint density at radius 2 is 1.82 bits per heavy atom. The van der Waals surface area contributed by atoms with Gasteiger partial charge in [-0.3, -0.25) is 0 Å². The van der Waals surface area contributed by atoms with Gasteiger partial charge in [0.15, 0.2) is 0 Å². The number of nitrogens with one attached hydrogen (secondary N) is 1. The summed E-state index contributed by atoms with van der Waals surface area (Å²) < 4.78 is 0. The minimum Gasteiger partial charge on any atom is -0.339 e. The van der Waals surface area contributed by atoms with Gasteiger partial charge in [-0.05, 0) is 54.5 Å². The molecule has 2 aliphatic rings. The molecule has 0 spiro atoms. The van der Waals surface area contributed by atoms with Crippen LogP contribution in [0.25, 0.3) is 0 Å². The minimum absolute atomic E-state index is 0.00386. The van der Waals surface area contributed by atoms with Crippen molar-refractivity contribution in [3.63, 3.8) is 0 Å². The van der Waals surface area contributed by atoms with E-state index in [0.29, 0.717) is 12.6 Å². The van der Waals surface area contributed by atoms with Gasteiger partial charge in [0.2, 0.25) is 0 Å². The average Bonchev–Trinajstić information content (AvgIpc) is 3.25. The third-order valence-corrected chi connectivity index (χ3v) is 6.34. The van der Waals surface area contributed by atoms with Crippen LogP contribution < -0.4 is 10.2 Å². The summed E-state index contributed by atoms with van der Waals surface area (Å²) in [7, 11) is 0. The zero-order chi connectivity index (χ0) is 18.9. The first-order valence-corrected chi connectivity index (χ1v) is 10.7. The van der Waals surface area contributed by atoms with Gasteiger partial charge in [-0.2, -0.15) is 0 Å². The molecule has 0 radical (unpaired) electrons. The van der Waals surface area contributed by atoms with Crippen LogP contribution >= 0.6 is 11.3 Å². The number of thiophene rings is 1. The Morgan fingerprint density at radius 3 is 2.61 bits per heavy atom. The van der Waals surface area contributed by atoms with Crippen LogP contribution in [0.3, 0.4) is 0 Å². The molecule has 2 heterocycles. The second kappa shape index (κ2) is 7.32. The van der Waals surface area contributed by atoms with Gasteiger partial charge in [0.1, 0.15) is 0 Å². The van der Waals surface area contributed by atoms with Crippen molar-refractivity contribution in [2.24, 2.45) is 0 Å². The van der Waals surface area contributed by atoms with E-state index in [2.05, 4.69) is 52.0 Å². The Hall–Kier alpha value is -2.79. The van der Waals surface area contributed by atoms with Gasteiger partial charge in [0, 0.05) is 23.2 Å². The largest absolute Gasteiger partial charge is 0.339 e. The van der Waals surface area contributed by atoms with Crippen molar-refractivity contribution in [2.45, 2.75) is 31.8 Å². The lowest BCUT2D eigenvalue weighted by atomic mass is 10.2. The maximum Gasteiger partial charge on any atom is 0.322 e. The first-order chi connectivity index (χ1) is 13.8. The quantitative estimate of drug-likeness (QED) is 0.613. The van der Waals surface area contributed by atoms with Gasteiger partial charge in [0.25, 0.3) is 0 Å². The van der Waals surface area contributed by atoms with Crippen LogP contribution in [-0.2, 0) is 13.0 Å². The summed E-state index contributed by atoms with van der Waals surface area (Å²) in [5.74, 6) is 0. The number of urea groups is 1. The second-order valence-electron chi connectivity index (χ2n) is 7.42. The summed E-state index contributed by atoms with van der Waals surface area (Å²) in [5, 5.41) is 5.27. The van der Waals surface area contributed by atoms with Gasteiger partial charge in [-0.15, -0.1) is 11.3 Å². The van der Waals surface area contributed by atoms with E-state index in [1.165, 1.54) is 16.1 Å². The topological polar surface area (TPSA) is 35.6 Å². The first kappa shape index (κ1) is 17.3. The molecule has 1 saturated carbocycles. The number of benzene rings is 2. The maximum atomic E-state index is 13.1. The van der Waals surface area contributed by atoms with Crippen molar-refractivity contribution in [3.05, 3.63) is 76.5 Å². The highest BCUT2D eigenvalue weighted by Crippen LogP contribution is 2.38. The van der Waals surface area contributed by atoms with Crippen LogP contribution in [0.4, 0.5) is 21.9 Å². The van der Waals surface area contributed by atoms with Crippen molar-refractivity contribution >= 4 is 34.4 Å². The van der Waals surface area contributed by atoms with Gasteiger partial charge < -0.3 is 15.1 Å². The molecule has 0 unspecified atom stereocenters. The Morgan fingerprint density at radius 1 is 1.04 bits per heavy atom. The number of amides is 2. The fraction of sp³-hybridized carbons (Fsp3) is 0.261. The molecule has 1 aliphatic carbocycles. The number of para-hydroxylation sites is 3. The van der Waals surface area contributed by atoms with E-state index < -0.39 is 0 Å². The Kier molecular flexibility index (Phi) is 4.53. The van der Waals surface area contributed by atoms with Crippen LogP contribution in [0.5, 0.6) is 0 Å². The van der Waals surface area contributed by atoms with Gasteiger partial charge in [0.05, 0.1) is 17.9 Å². The molecule has 2 aromatic carbocycles. The lowest BCUT2D eigenvalue weighted by Crippen LogP contribution is -2.36. The van der Waals surface area contributed by atoms with Crippen LogP contribution in [0, 0.1) is 0 Å². The zero-order valence-electron chi connectivity index (χ0n) is 15.7. The number of carbonyl (C=O) groups is 1. The van der Waals surface area contributed by atoms with E-state index in [1.807, 2.05) is 29.2 Å². The third-order valence-electron chi connectivity index (χ3n) is 5.48. The molecule has 5 rings (SSSR count). The molecular weight excluding hydrogens is 366 g/mol. The van der Waals surface area contributed by atoms with Crippen molar-refractivity contribution in [2.75, 3.05) is 16.8 Å². The highest BCUT2D eigenvalue weighted by molar-refractivity contribution is 7.09. The summed E-state index contributed by atoms with van der Waals surface area (Å²) in [5.41, 5.74) is 4.54. The number of anilines is 3. The standard InChI is InChI=1S/C23H23N3OS/c27-23(26(18-11-12-18)16-19-7-5-15-28-19)24-20-8-2-4-10-22(20)25-14-13-17-6-1-3-9-21(17)25/h1-10,15,18H,11-14,16H2,(H,24,27). The van der Waals surface area contributed by atoms with E-state index in [1.54, 1.807) is 11.3 Å². The van der Waals surface area contributed by atoms with Gasteiger partial charge >= 0.3 is 6.03 Å². The fourth-order valence-corrected chi connectivity index (χ4v) is 4.62. The Balaban J connectivity index is 1.39. The molecule has 142 valence electrons. The monoisotopic (exact) mass is 389 g/mol. The molecule has 1 N–H and O–H groups in total. The first-order valence-electron chi connectivity index (χ1n) is 9.84. The number of hydrogen-bond acceptors (Lipinski definition) is 3. The maximum absolute atomic E-state index is 13.1. The van der Waals surface area contributed by atoms with Crippen LogP contribution in [0.2, 0.25) is 0 Å². The molecule has 3 aromatic rings. The number of nitrogens with zero attached hydrogens (tertiary/aromatic N) is 2. The van der Waals surface area contributed by atoms with Crippen molar-refractivity contribution in [1.82, 2.24) is 4.90 Å². The summed E-state index contributed by atoms with van der Waals surface area (Å²) in [6.07, 6.45) is 3.23. The predicted octanol–water partition coefficient (Wildman–Crippen LogP) is 5.64. The lowest BCUT2D eigenvalue weighted by molar-refractivity contribution is 0.206. The molecule has 0 bridgehead atoms. The Bertz CT molecular complexity index is 981. The lowest BCUT2D eigenvalue weighted by Gasteiger charge is -2.26. The highest BCUT2D eigenvalue weighted by atomic mass is 32.1. The molecular formula is C23H23N3OS. The molecule has 0 atom stereocenters. The predicted molar refractivity (Wildman–Crippen MR) is 115 cm³/mol. The summed E-state index contributed by atoms with van der Waals surface area (Å²) in [6.45, 7) is 1.62. The van der Waals surface area contributed by atoms with Crippen LogP contribution in [-0.4, -0.2) is 23.5 Å². The highest BCUT2D eigenvalue weighted by Gasteiger charge is 2.33. The smallest absolute Gasteiger partial charge is 0.322 e. The molecule has 4 nitrogen and oxygen atoms in total. The molecule has 2 amide bonds. The van der Waals surface area contributed by atoms with E-state index in [4.69, 9.17) is 0 Å². The second-order valence-corrected chi connectivity index (χ2v) is 8.45. The third kappa shape index (κ3) is 3.38. The SMILES string of the molecule is O=C(Nc1ccccc1N1CCc2ccccc21)N(Cc1cccs1)C1CC1. The zero-order valence-corrected chi connectivity index (χ0v) is 16.5. The van der Waals surface area contributed by atoms with Crippen LogP contribution in [0.1, 0.15) is 23.3 Å². The molecule has 28 heavy (non-hydrogen) atoms. The normalized spacial score (nSPS) is 15.4.